The Morgan fingerprint density at radius 3 is 2.63 bits per heavy atom. The molecule has 1 unspecified atom stereocenters. The van der Waals surface area contributed by atoms with Gasteiger partial charge in [-0.3, -0.25) is 4.21 Å². The van der Waals surface area contributed by atoms with Crippen molar-refractivity contribution >= 4 is 10.8 Å². The molecule has 0 aromatic heterocycles. The summed E-state index contributed by atoms with van der Waals surface area (Å²) in [6.45, 7) is 0.280. The predicted octanol–water partition coefficient (Wildman–Crippen LogP) is 1.50. The second-order valence-corrected chi connectivity index (χ2v) is 6.42. The van der Waals surface area contributed by atoms with E-state index in [2.05, 4.69) is 5.32 Å². The van der Waals surface area contributed by atoms with Crippen molar-refractivity contribution in [3.8, 4) is 0 Å². The second-order valence-electron chi connectivity index (χ2n) is 4.72. The van der Waals surface area contributed by atoms with Crippen LogP contribution in [-0.4, -0.2) is 33.4 Å². The first-order valence-electron chi connectivity index (χ1n) is 6.27. The molecule has 2 N–H and O–H groups in total. The van der Waals surface area contributed by atoms with E-state index in [9.17, 15) is 18.1 Å². The fourth-order valence-electron chi connectivity index (χ4n) is 2.11. The molecule has 106 valence electrons. The summed E-state index contributed by atoms with van der Waals surface area (Å²) >= 11 is 0. The Morgan fingerprint density at radius 2 is 2.00 bits per heavy atom. The zero-order valence-corrected chi connectivity index (χ0v) is 11.3. The number of aliphatic hydroxyl groups excluding tert-OH is 1. The molecule has 1 aromatic rings. The van der Waals surface area contributed by atoms with Gasteiger partial charge in [-0.1, -0.05) is 6.07 Å². The van der Waals surface area contributed by atoms with Crippen LogP contribution in [0.1, 0.15) is 24.5 Å². The predicted molar refractivity (Wildman–Crippen MR) is 70.2 cm³/mol. The van der Waals surface area contributed by atoms with Crippen molar-refractivity contribution in [1.29, 1.82) is 0 Å². The molecule has 3 nitrogen and oxygen atoms in total. The number of nitrogens with one attached hydrogen (secondary N) is 1. The first-order valence-corrected chi connectivity index (χ1v) is 7.76. The standard InChI is InChI=1S/C13H17F2NO2S/c14-11-2-1-9(7-12(11)15)13(17)8-16-10-3-5-19(18)6-4-10/h1-2,7,10,13,16-17H,3-6,8H2. The van der Waals surface area contributed by atoms with Gasteiger partial charge in [-0.2, -0.15) is 0 Å². The average molecular weight is 289 g/mol. The Kier molecular flexibility index (Phi) is 5.01. The molecule has 1 fully saturated rings. The number of halogens is 2. The van der Waals surface area contributed by atoms with E-state index in [1.54, 1.807) is 0 Å². The highest BCUT2D eigenvalue weighted by Gasteiger charge is 2.19. The summed E-state index contributed by atoms with van der Waals surface area (Å²) in [6.07, 6.45) is 0.760. The van der Waals surface area contributed by atoms with Crippen LogP contribution >= 0.6 is 0 Å². The van der Waals surface area contributed by atoms with Gasteiger partial charge in [0.05, 0.1) is 6.10 Å². The number of hydrogen-bond acceptors (Lipinski definition) is 3. The van der Waals surface area contributed by atoms with Crippen molar-refractivity contribution < 1.29 is 18.1 Å². The number of hydrogen-bond donors (Lipinski definition) is 2. The van der Waals surface area contributed by atoms with Crippen LogP contribution in [0.15, 0.2) is 18.2 Å². The maximum atomic E-state index is 13.0. The van der Waals surface area contributed by atoms with Crippen LogP contribution in [0.3, 0.4) is 0 Å². The monoisotopic (exact) mass is 289 g/mol. The van der Waals surface area contributed by atoms with Crippen LogP contribution in [0.4, 0.5) is 8.78 Å². The second kappa shape index (κ2) is 6.54. The molecule has 1 atom stereocenters. The van der Waals surface area contributed by atoms with Crippen molar-refractivity contribution in [2.24, 2.45) is 0 Å². The minimum absolute atomic E-state index is 0.234. The van der Waals surface area contributed by atoms with Crippen LogP contribution in [0.2, 0.25) is 0 Å². The molecule has 1 saturated heterocycles. The lowest BCUT2D eigenvalue weighted by molar-refractivity contribution is 0.168. The highest BCUT2D eigenvalue weighted by atomic mass is 32.2. The van der Waals surface area contributed by atoms with Crippen LogP contribution < -0.4 is 5.32 Å². The van der Waals surface area contributed by atoms with Crippen molar-refractivity contribution in [2.45, 2.75) is 25.0 Å². The van der Waals surface area contributed by atoms with E-state index in [4.69, 9.17) is 0 Å². The smallest absolute Gasteiger partial charge is 0.159 e. The van der Waals surface area contributed by atoms with Gasteiger partial charge in [0.1, 0.15) is 0 Å². The summed E-state index contributed by atoms with van der Waals surface area (Å²) in [4.78, 5) is 0. The van der Waals surface area contributed by atoms with Crippen LogP contribution in [0.25, 0.3) is 0 Å². The normalized spacial score (nSPS) is 25.2. The number of aliphatic hydroxyl groups is 1. The Labute approximate surface area is 113 Å². The van der Waals surface area contributed by atoms with Crippen molar-refractivity contribution in [3.05, 3.63) is 35.4 Å². The van der Waals surface area contributed by atoms with E-state index in [-0.39, 0.29) is 12.6 Å². The third-order valence-corrected chi connectivity index (χ3v) is 4.70. The van der Waals surface area contributed by atoms with E-state index in [1.165, 1.54) is 6.07 Å². The molecular formula is C13H17F2NO2S. The molecule has 1 aliphatic heterocycles. The van der Waals surface area contributed by atoms with Gasteiger partial charge >= 0.3 is 0 Å². The SMILES string of the molecule is O=S1CCC(NCC(O)c2ccc(F)c(F)c2)CC1. The average Bonchev–Trinajstić information content (AvgIpc) is 2.41. The topological polar surface area (TPSA) is 49.3 Å². The van der Waals surface area contributed by atoms with E-state index < -0.39 is 28.5 Å². The van der Waals surface area contributed by atoms with Crippen LogP contribution in [0.5, 0.6) is 0 Å². The lowest BCUT2D eigenvalue weighted by Crippen LogP contribution is -2.37. The van der Waals surface area contributed by atoms with Gasteiger partial charge in [0.15, 0.2) is 11.6 Å². The van der Waals surface area contributed by atoms with Crippen molar-refractivity contribution in [3.63, 3.8) is 0 Å². The lowest BCUT2D eigenvalue weighted by Gasteiger charge is -2.24. The number of rotatable bonds is 4. The summed E-state index contributed by atoms with van der Waals surface area (Å²) in [7, 11) is -0.711. The Hall–Kier alpha value is -0.850. The molecule has 6 heteroatoms. The molecule has 0 aliphatic carbocycles. The molecule has 0 bridgehead atoms. The van der Waals surface area contributed by atoms with E-state index in [0.717, 1.165) is 25.0 Å². The van der Waals surface area contributed by atoms with Gasteiger partial charge in [0, 0.05) is 34.9 Å². The minimum atomic E-state index is -0.954. The summed E-state index contributed by atoms with van der Waals surface area (Å²) in [5.41, 5.74) is 0.353. The molecule has 1 aliphatic rings. The van der Waals surface area contributed by atoms with Crippen molar-refractivity contribution in [1.82, 2.24) is 5.32 Å². The fourth-order valence-corrected chi connectivity index (χ4v) is 3.41. The summed E-state index contributed by atoms with van der Waals surface area (Å²) in [5, 5.41) is 13.1. The van der Waals surface area contributed by atoms with Gasteiger partial charge in [-0.15, -0.1) is 0 Å². The highest BCUT2D eigenvalue weighted by molar-refractivity contribution is 7.85. The molecule has 0 amide bonds. The van der Waals surface area contributed by atoms with E-state index in [1.807, 2.05) is 0 Å². The molecule has 19 heavy (non-hydrogen) atoms. The van der Waals surface area contributed by atoms with Crippen molar-refractivity contribution in [2.75, 3.05) is 18.1 Å². The highest BCUT2D eigenvalue weighted by Crippen LogP contribution is 2.17. The minimum Gasteiger partial charge on any atom is -0.387 e. The zero-order valence-electron chi connectivity index (χ0n) is 10.4. The molecule has 1 aromatic carbocycles. The van der Waals surface area contributed by atoms with Gasteiger partial charge in [0.25, 0.3) is 0 Å². The summed E-state index contributed by atoms with van der Waals surface area (Å²) in [6, 6.07) is 3.63. The van der Waals surface area contributed by atoms with E-state index >= 15 is 0 Å². The van der Waals surface area contributed by atoms with E-state index in [0.29, 0.717) is 17.1 Å². The Morgan fingerprint density at radius 1 is 1.32 bits per heavy atom. The molecule has 0 radical (unpaired) electrons. The largest absolute Gasteiger partial charge is 0.387 e. The Bertz CT molecular complexity index is 460. The molecular weight excluding hydrogens is 272 g/mol. The zero-order chi connectivity index (χ0) is 13.8. The third-order valence-electron chi connectivity index (χ3n) is 3.32. The van der Waals surface area contributed by atoms with Gasteiger partial charge in [0.2, 0.25) is 0 Å². The number of benzene rings is 1. The molecule has 0 saturated carbocycles. The summed E-state index contributed by atoms with van der Waals surface area (Å²) < 4.78 is 37.0. The van der Waals surface area contributed by atoms with Gasteiger partial charge < -0.3 is 10.4 Å². The molecule has 1 heterocycles. The quantitative estimate of drug-likeness (QED) is 0.883. The maximum absolute atomic E-state index is 13.0. The third kappa shape index (κ3) is 4.06. The first kappa shape index (κ1) is 14.6. The Balaban J connectivity index is 1.85. The lowest BCUT2D eigenvalue weighted by atomic mass is 10.1. The molecule has 2 rings (SSSR count). The maximum Gasteiger partial charge on any atom is 0.159 e. The van der Waals surface area contributed by atoms with Crippen LogP contribution in [-0.2, 0) is 10.8 Å². The molecule has 0 spiro atoms. The fraction of sp³-hybridized carbons (Fsp3) is 0.538. The first-order chi connectivity index (χ1) is 9.06. The van der Waals surface area contributed by atoms with Gasteiger partial charge in [-0.25, -0.2) is 8.78 Å². The van der Waals surface area contributed by atoms with Crippen LogP contribution in [0, 0.1) is 11.6 Å². The van der Waals surface area contributed by atoms with Gasteiger partial charge in [-0.05, 0) is 30.5 Å². The summed E-state index contributed by atoms with van der Waals surface area (Å²) in [5.74, 6) is -0.513.